The Kier molecular flexibility index (Phi) is 7.20. The molecule has 0 spiro atoms. The van der Waals surface area contributed by atoms with Crippen molar-refractivity contribution in [1.82, 2.24) is 10.2 Å². The molecule has 1 aliphatic carbocycles. The van der Waals surface area contributed by atoms with E-state index in [1.807, 2.05) is 0 Å². The number of hydrogen-bond donors (Lipinski definition) is 1. The highest BCUT2D eigenvalue weighted by atomic mass is 32.2. The van der Waals surface area contributed by atoms with Crippen LogP contribution in [0.25, 0.3) is 0 Å². The zero-order chi connectivity index (χ0) is 14.4. The van der Waals surface area contributed by atoms with Gasteiger partial charge in [-0.15, -0.1) is 0 Å². The molecule has 1 saturated heterocycles. The Hall–Kier alpha value is 0.270. The van der Waals surface area contributed by atoms with Gasteiger partial charge in [-0.2, -0.15) is 11.8 Å². The summed E-state index contributed by atoms with van der Waals surface area (Å²) in [4.78, 5) is 2.62. The summed E-state index contributed by atoms with van der Waals surface area (Å²) in [5.74, 6) is 4.56. The molecule has 0 bridgehead atoms. The van der Waals surface area contributed by atoms with Crippen LogP contribution in [0.4, 0.5) is 0 Å². The molecular weight excluding hydrogens is 264 g/mol. The number of rotatable bonds is 6. The van der Waals surface area contributed by atoms with E-state index in [2.05, 4.69) is 42.9 Å². The highest BCUT2D eigenvalue weighted by Crippen LogP contribution is 2.35. The van der Waals surface area contributed by atoms with Crippen LogP contribution >= 0.6 is 11.8 Å². The molecule has 1 heterocycles. The van der Waals surface area contributed by atoms with E-state index < -0.39 is 0 Å². The summed E-state index contributed by atoms with van der Waals surface area (Å²) in [6.07, 6.45) is 8.48. The molecule has 2 unspecified atom stereocenters. The Labute approximate surface area is 130 Å². The van der Waals surface area contributed by atoms with Crippen molar-refractivity contribution in [3.8, 4) is 0 Å². The van der Waals surface area contributed by atoms with Crippen LogP contribution in [0.15, 0.2) is 0 Å². The molecule has 0 amide bonds. The van der Waals surface area contributed by atoms with Gasteiger partial charge in [-0.1, -0.05) is 33.1 Å². The van der Waals surface area contributed by atoms with Gasteiger partial charge in [-0.25, -0.2) is 0 Å². The lowest BCUT2D eigenvalue weighted by molar-refractivity contribution is 0.136. The average Bonchev–Trinajstić information content (AvgIpc) is 2.50. The fraction of sp³-hybridized carbons (Fsp3) is 1.00. The molecule has 20 heavy (non-hydrogen) atoms. The van der Waals surface area contributed by atoms with Gasteiger partial charge in [-0.3, -0.25) is 0 Å². The summed E-state index contributed by atoms with van der Waals surface area (Å²) >= 11 is 2.16. The summed E-state index contributed by atoms with van der Waals surface area (Å²) < 4.78 is 0. The van der Waals surface area contributed by atoms with Gasteiger partial charge in [0.1, 0.15) is 0 Å². The van der Waals surface area contributed by atoms with Gasteiger partial charge in [0.2, 0.25) is 0 Å². The first-order chi connectivity index (χ1) is 9.76. The van der Waals surface area contributed by atoms with Gasteiger partial charge in [-0.05, 0) is 44.7 Å². The lowest BCUT2D eigenvalue weighted by Gasteiger charge is -2.43. The second-order valence-electron chi connectivity index (χ2n) is 6.79. The van der Waals surface area contributed by atoms with E-state index in [4.69, 9.17) is 0 Å². The second-order valence-corrected chi connectivity index (χ2v) is 7.94. The van der Waals surface area contributed by atoms with E-state index in [9.17, 15) is 0 Å². The van der Waals surface area contributed by atoms with E-state index in [-0.39, 0.29) is 0 Å². The minimum atomic E-state index is 0.727. The third-order valence-electron chi connectivity index (χ3n) is 5.46. The van der Waals surface area contributed by atoms with E-state index in [1.165, 1.54) is 63.1 Å². The van der Waals surface area contributed by atoms with Crippen molar-refractivity contribution < 1.29 is 0 Å². The predicted molar refractivity (Wildman–Crippen MR) is 91.6 cm³/mol. The molecule has 2 nitrogen and oxygen atoms in total. The Morgan fingerprint density at radius 1 is 1.20 bits per heavy atom. The van der Waals surface area contributed by atoms with E-state index in [0.29, 0.717) is 0 Å². The minimum Gasteiger partial charge on any atom is -0.312 e. The SMILES string of the molecule is CCCNC(C1CCC(CC)CC1)C1CSCCN1C. The molecule has 2 aliphatic rings. The Morgan fingerprint density at radius 2 is 1.95 bits per heavy atom. The number of thioether (sulfide) groups is 1. The van der Waals surface area contributed by atoms with E-state index >= 15 is 0 Å². The molecule has 3 heteroatoms. The Bertz CT molecular complexity index is 264. The summed E-state index contributed by atoms with van der Waals surface area (Å²) in [7, 11) is 2.34. The van der Waals surface area contributed by atoms with Crippen molar-refractivity contribution >= 4 is 11.8 Å². The maximum atomic E-state index is 3.92. The maximum absolute atomic E-state index is 3.92. The van der Waals surface area contributed by atoms with Crippen molar-refractivity contribution in [3.05, 3.63) is 0 Å². The van der Waals surface area contributed by atoms with Gasteiger partial charge in [0.05, 0.1) is 0 Å². The van der Waals surface area contributed by atoms with Crippen LogP contribution < -0.4 is 5.32 Å². The molecule has 2 atom stereocenters. The molecule has 118 valence electrons. The fourth-order valence-corrected chi connectivity index (χ4v) is 5.25. The van der Waals surface area contributed by atoms with Crippen LogP contribution in [0.5, 0.6) is 0 Å². The summed E-state index contributed by atoms with van der Waals surface area (Å²) in [5.41, 5.74) is 0. The van der Waals surface area contributed by atoms with Crippen molar-refractivity contribution in [2.45, 2.75) is 64.5 Å². The molecule has 1 N–H and O–H groups in total. The van der Waals surface area contributed by atoms with E-state index in [1.54, 1.807) is 0 Å². The maximum Gasteiger partial charge on any atom is 0.0339 e. The highest BCUT2D eigenvalue weighted by molar-refractivity contribution is 7.99. The standard InChI is InChI=1S/C17H34N2S/c1-4-10-18-17(16-13-20-12-11-19(16)3)15-8-6-14(5-2)7-9-15/h14-18H,4-13H2,1-3H3. The van der Waals surface area contributed by atoms with Crippen LogP contribution in [0, 0.1) is 11.8 Å². The minimum absolute atomic E-state index is 0.727. The van der Waals surface area contributed by atoms with Gasteiger partial charge in [0.25, 0.3) is 0 Å². The molecule has 0 aromatic carbocycles. The number of nitrogens with one attached hydrogen (secondary N) is 1. The molecule has 1 saturated carbocycles. The summed E-state index contributed by atoms with van der Waals surface area (Å²) in [6, 6.07) is 1.48. The van der Waals surface area contributed by atoms with Crippen LogP contribution in [0.3, 0.4) is 0 Å². The Balaban J connectivity index is 1.95. The third kappa shape index (κ3) is 4.38. The second kappa shape index (κ2) is 8.65. The van der Waals surface area contributed by atoms with Gasteiger partial charge in [0, 0.05) is 30.1 Å². The average molecular weight is 299 g/mol. The molecule has 0 radical (unpaired) electrons. The molecule has 0 aromatic rings. The van der Waals surface area contributed by atoms with Gasteiger partial charge < -0.3 is 10.2 Å². The number of hydrogen-bond acceptors (Lipinski definition) is 3. The summed E-state index contributed by atoms with van der Waals surface area (Å²) in [5, 5.41) is 3.92. The van der Waals surface area contributed by atoms with E-state index in [0.717, 1.165) is 23.9 Å². The van der Waals surface area contributed by atoms with Crippen LogP contribution in [0.1, 0.15) is 52.4 Å². The van der Waals surface area contributed by atoms with Crippen molar-refractivity contribution in [2.24, 2.45) is 11.8 Å². The lowest BCUT2D eigenvalue weighted by Crippen LogP contribution is -2.56. The van der Waals surface area contributed by atoms with Crippen LogP contribution in [0.2, 0.25) is 0 Å². The highest BCUT2D eigenvalue weighted by Gasteiger charge is 2.35. The normalized spacial score (nSPS) is 34.0. The van der Waals surface area contributed by atoms with Crippen molar-refractivity contribution in [2.75, 3.05) is 31.6 Å². The molecule has 1 aliphatic heterocycles. The van der Waals surface area contributed by atoms with Gasteiger partial charge in [0.15, 0.2) is 0 Å². The smallest absolute Gasteiger partial charge is 0.0339 e. The van der Waals surface area contributed by atoms with Crippen molar-refractivity contribution in [1.29, 1.82) is 0 Å². The monoisotopic (exact) mass is 298 g/mol. The fourth-order valence-electron chi connectivity index (χ4n) is 3.97. The quantitative estimate of drug-likeness (QED) is 0.806. The molecule has 0 aromatic heterocycles. The van der Waals surface area contributed by atoms with Crippen LogP contribution in [-0.2, 0) is 0 Å². The lowest BCUT2D eigenvalue weighted by atomic mass is 9.75. The van der Waals surface area contributed by atoms with Gasteiger partial charge >= 0.3 is 0 Å². The molecule has 2 fully saturated rings. The zero-order valence-electron chi connectivity index (χ0n) is 13.7. The summed E-state index contributed by atoms with van der Waals surface area (Å²) in [6.45, 7) is 7.11. The number of nitrogens with zero attached hydrogens (tertiary/aromatic N) is 1. The predicted octanol–water partition coefficient (Wildman–Crippen LogP) is 3.62. The van der Waals surface area contributed by atoms with Crippen LogP contribution in [-0.4, -0.2) is 48.6 Å². The third-order valence-corrected chi connectivity index (χ3v) is 6.51. The number of likely N-dealkylation sites (N-methyl/N-ethyl adjacent to an activating group) is 1. The molecular formula is C17H34N2S. The zero-order valence-corrected chi connectivity index (χ0v) is 14.6. The first-order valence-electron chi connectivity index (χ1n) is 8.77. The first-order valence-corrected chi connectivity index (χ1v) is 9.93. The Morgan fingerprint density at radius 3 is 2.55 bits per heavy atom. The van der Waals surface area contributed by atoms with Crippen molar-refractivity contribution in [3.63, 3.8) is 0 Å². The first kappa shape index (κ1) is 16.6. The molecule has 2 rings (SSSR count). The largest absolute Gasteiger partial charge is 0.312 e. The topological polar surface area (TPSA) is 15.3 Å².